The lowest BCUT2D eigenvalue weighted by molar-refractivity contribution is 0.410. The normalized spacial score (nSPS) is 12.2. The number of hydrogen-bond acceptors (Lipinski definition) is 6. The molecule has 0 aliphatic rings. The number of hydrogen-bond donors (Lipinski definition) is 2. The summed E-state index contributed by atoms with van der Waals surface area (Å²) in [4.78, 5) is 4.04. The Labute approximate surface area is 123 Å². The lowest BCUT2D eigenvalue weighted by Crippen LogP contribution is -2.26. The fourth-order valence-corrected chi connectivity index (χ4v) is 3.05. The second-order valence-electron chi connectivity index (χ2n) is 4.87. The summed E-state index contributed by atoms with van der Waals surface area (Å²) in [7, 11) is -3.57. The summed E-state index contributed by atoms with van der Waals surface area (Å²) < 4.78 is 33.4. The van der Waals surface area contributed by atoms with E-state index in [0.717, 1.165) is 5.69 Å². The second kappa shape index (κ2) is 6.37. The van der Waals surface area contributed by atoms with E-state index in [-0.39, 0.29) is 24.0 Å². The number of nitrogens with two attached hydrogens (primary N) is 1. The van der Waals surface area contributed by atoms with E-state index in [9.17, 15) is 8.42 Å². The van der Waals surface area contributed by atoms with Crippen molar-refractivity contribution in [2.45, 2.75) is 37.8 Å². The molecule has 0 aliphatic heterocycles. The highest BCUT2D eigenvalue weighted by Gasteiger charge is 2.18. The maximum Gasteiger partial charge on any atom is 0.242 e. The van der Waals surface area contributed by atoms with Crippen molar-refractivity contribution in [3.05, 3.63) is 30.2 Å². The summed E-state index contributed by atoms with van der Waals surface area (Å²) in [5.74, 6) is 0.458. The molecule has 21 heavy (non-hydrogen) atoms. The van der Waals surface area contributed by atoms with Crippen LogP contribution in [0.3, 0.4) is 0 Å². The van der Waals surface area contributed by atoms with Gasteiger partial charge in [-0.25, -0.2) is 13.1 Å². The molecule has 0 fully saturated rings. The first-order valence-corrected chi connectivity index (χ1v) is 8.08. The number of nitrogens with one attached hydrogen (secondary N) is 1. The maximum atomic E-state index is 12.2. The van der Waals surface area contributed by atoms with E-state index >= 15 is 0 Å². The van der Waals surface area contributed by atoms with Crippen LogP contribution in [0.2, 0.25) is 0 Å². The SMILES string of the molecule is CC(C)n1cc(S(=O)(=O)NCCc2ncon2)cc1CN. The predicted octanol–water partition coefficient (Wildman–Crippen LogP) is 0.432. The Hall–Kier alpha value is -1.71. The van der Waals surface area contributed by atoms with Gasteiger partial charge < -0.3 is 14.8 Å². The zero-order valence-corrected chi connectivity index (χ0v) is 12.8. The summed E-state index contributed by atoms with van der Waals surface area (Å²) in [5.41, 5.74) is 6.43. The lowest BCUT2D eigenvalue weighted by atomic mass is 10.3. The molecule has 2 aromatic rings. The van der Waals surface area contributed by atoms with Crippen molar-refractivity contribution >= 4 is 10.0 Å². The molecule has 3 N–H and O–H groups in total. The van der Waals surface area contributed by atoms with Crippen LogP contribution < -0.4 is 10.5 Å². The van der Waals surface area contributed by atoms with Crippen LogP contribution in [0.25, 0.3) is 0 Å². The van der Waals surface area contributed by atoms with Crippen molar-refractivity contribution in [2.75, 3.05) is 6.54 Å². The third kappa shape index (κ3) is 3.69. The van der Waals surface area contributed by atoms with Gasteiger partial charge in [0.2, 0.25) is 16.4 Å². The van der Waals surface area contributed by atoms with Gasteiger partial charge in [-0.3, -0.25) is 0 Å². The lowest BCUT2D eigenvalue weighted by Gasteiger charge is -2.10. The van der Waals surface area contributed by atoms with E-state index in [0.29, 0.717) is 12.2 Å². The fraction of sp³-hybridized carbons (Fsp3) is 0.500. The van der Waals surface area contributed by atoms with Crippen molar-refractivity contribution in [2.24, 2.45) is 5.73 Å². The molecular weight excluding hydrogens is 294 g/mol. The minimum Gasteiger partial charge on any atom is -0.346 e. The van der Waals surface area contributed by atoms with E-state index in [4.69, 9.17) is 5.73 Å². The molecular formula is C12H19N5O3S. The predicted molar refractivity (Wildman–Crippen MR) is 75.9 cm³/mol. The number of rotatable bonds is 7. The van der Waals surface area contributed by atoms with Gasteiger partial charge in [-0.1, -0.05) is 5.16 Å². The number of nitrogens with zero attached hydrogens (tertiary/aromatic N) is 3. The molecule has 0 unspecified atom stereocenters. The smallest absolute Gasteiger partial charge is 0.242 e. The molecule has 0 aliphatic carbocycles. The molecule has 0 saturated heterocycles. The molecule has 0 amide bonds. The molecule has 2 heterocycles. The molecule has 0 spiro atoms. The van der Waals surface area contributed by atoms with E-state index in [2.05, 4.69) is 19.4 Å². The Morgan fingerprint density at radius 1 is 1.48 bits per heavy atom. The largest absolute Gasteiger partial charge is 0.346 e. The van der Waals surface area contributed by atoms with Gasteiger partial charge >= 0.3 is 0 Å². The molecule has 2 rings (SSSR count). The Morgan fingerprint density at radius 2 is 2.24 bits per heavy atom. The van der Waals surface area contributed by atoms with Gasteiger partial charge in [0, 0.05) is 37.4 Å². The van der Waals surface area contributed by atoms with Gasteiger partial charge in [0.1, 0.15) is 0 Å². The molecule has 0 atom stereocenters. The average Bonchev–Trinajstić information content (AvgIpc) is 3.07. The van der Waals surface area contributed by atoms with Crippen molar-refractivity contribution in [1.29, 1.82) is 0 Å². The van der Waals surface area contributed by atoms with Crippen LogP contribution in [-0.2, 0) is 23.0 Å². The van der Waals surface area contributed by atoms with Gasteiger partial charge in [-0.05, 0) is 19.9 Å². The van der Waals surface area contributed by atoms with E-state index in [1.807, 2.05) is 18.4 Å². The Kier molecular flexibility index (Phi) is 4.76. The number of aromatic nitrogens is 3. The van der Waals surface area contributed by atoms with E-state index < -0.39 is 10.0 Å². The van der Waals surface area contributed by atoms with Crippen LogP contribution in [-0.4, -0.2) is 29.7 Å². The summed E-state index contributed by atoms with van der Waals surface area (Å²) in [5, 5.41) is 3.62. The molecule has 2 aromatic heterocycles. The van der Waals surface area contributed by atoms with Crippen molar-refractivity contribution < 1.29 is 12.9 Å². The molecule has 0 radical (unpaired) electrons. The van der Waals surface area contributed by atoms with Crippen molar-refractivity contribution in [3.63, 3.8) is 0 Å². The first-order valence-electron chi connectivity index (χ1n) is 6.59. The highest BCUT2D eigenvalue weighted by molar-refractivity contribution is 7.89. The molecule has 0 aromatic carbocycles. The molecule has 116 valence electrons. The van der Waals surface area contributed by atoms with Crippen molar-refractivity contribution in [3.8, 4) is 0 Å². The van der Waals surface area contributed by atoms with Crippen LogP contribution in [0.4, 0.5) is 0 Å². The second-order valence-corrected chi connectivity index (χ2v) is 6.63. The van der Waals surface area contributed by atoms with Gasteiger partial charge in [-0.2, -0.15) is 4.98 Å². The zero-order chi connectivity index (χ0) is 15.5. The van der Waals surface area contributed by atoms with Crippen molar-refractivity contribution in [1.82, 2.24) is 19.4 Å². The molecule has 9 heteroatoms. The fourth-order valence-electron chi connectivity index (χ4n) is 1.97. The van der Waals surface area contributed by atoms with Gasteiger partial charge in [0.15, 0.2) is 5.82 Å². The molecule has 0 bridgehead atoms. The molecule has 8 nitrogen and oxygen atoms in total. The van der Waals surface area contributed by atoms with Crippen LogP contribution in [0.15, 0.2) is 28.1 Å². The number of sulfonamides is 1. The third-order valence-corrected chi connectivity index (χ3v) is 4.46. The quantitative estimate of drug-likeness (QED) is 0.766. The zero-order valence-electron chi connectivity index (χ0n) is 12.0. The van der Waals surface area contributed by atoms with Gasteiger partial charge in [0.25, 0.3) is 0 Å². The summed E-state index contributed by atoms with van der Waals surface area (Å²) in [6.45, 7) is 4.43. The minimum atomic E-state index is -3.57. The standard InChI is InChI=1S/C12H19N5O3S/c1-9(2)17-7-11(5-10(17)6-13)21(18,19)15-4-3-12-14-8-20-16-12/h5,7-9,15H,3-4,6,13H2,1-2H3. The summed E-state index contributed by atoms with van der Waals surface area (Å²) in [6.07, 6.45) is 3.17. The highest BCUT2D eigenvalue weighted by atomic mass is 32.2. The van der Waals surface area contributed by atoms with Gasteiger partial charge in [-0.15, -0.1) is 0 Å². The van der Waals surface area contributed by atoms with Crippen LogP contribution in [0, 0.1) is 0 Å². The highest BCUT2D eigenvalue weighted by Crippen LogP contribution is 2.18. The third-order valence-electron chi connectivity index (χ3n) is 3.03. The maximum absolute atomic E-state index is 12.2. The average molecular weight is 313 g/mol. The summed E-state index contributed by atoms with van der Waals surface area (Å²) >= 11 is 0. The minimum absolute atomic E-state index is 0.145. The van der Waals surface area contributed by atoms with Crippen LogP contribution >= 0.6 is 0 Å². The van der Waals surface area contributed by atoms with Crippen LogP contribution in [0.5, 0.6) is 0 Å². The van der Waals surface area contributed by atoms with Gasteiger partial charge in [0.05, 0.1) is 4.90 Å². The first-order chi connectivity index (χ1) is 9.94. The topological polar surface area (TPSA) is 116 Å². The van der Waals surface area contributed by atoms with Crippen LogP contribution in [0.1, 0.15) is 31.4 Å². The first kappa shape index (κ1) is 15.7. The Morgan fingerprint density at radius 3 is 2.76 bits per heavy atom. The summed E-state index contributed by atoms with van der Waals surface area (Å²) in [6, 6.07) is 1.74. The Balaban J connectivity index is 2.08. The van der Waals surface area contributed by atoms with E-state index in [1.165, 1.54) is 6.39 Å². The Bertz CT molecular complexity index is 676. The molecule has 0 saturated carbocycles. The van der Waals surface area contributed by atoms with E-state index in [1.54, 1.807) is 12.3 Å². The monoisotopic (exact) mass is 313 g/mol.